The van der Waals surface area contributed by atoms with Crippen molar-refractivity contribution in [3.05, 3.63) is 35.4 Å². The van der Waals surface area contributed by atoms with E-state index in [1.165, 1.54) is 11.3 Å². The molecule has 0 radical (unpaired) electrons. The number of anilines is 1. The van der Waals surface area contributed by atoms with Crippen molar-refractivity contribution in [1.29, 1.82) is 0 Å². The van der Waals surface area contributed by atoms with Crippen LogP contribution < -0.4 is 15.0 Å². The molecule has 2 N–H and O–H groups in total. The van der Waals surface area contributed by atoms with Crippen molar-refractivity contribution in [2.24, 2.45) is 11.0 Å². The third-order valence-electron chi connectivity index (χ3n) is 5.58. The monoisotopic (exact) mass is 486 g/mol. The fourth-order valence-electron chi connectivity index (χ4n) is 3.84. The molecule has 1 fully saturated rings. The minimum atomic E-state index is -3.63. The van der Waals surface area contributed by atoms with Gasteiger partial charge in [0, 0.05) is 30.8 Å². The number of benzene rings is 1. The number of hydrazone groups is 1. The van der Waals surface area contributed by atoms with Crippen LogP contribution in [0.1, 0.15) is 25.0 Å². The summed E-state index contributed by atoms with van der Waals surface area (Å²) in [5.74, 6) is 1.52. The molecule has 2 aliphatic heterocycles. The van der Waals surface area contributed by atoms with Crippen molar-refractivity contribution in [3.63, 3.8) is 0 Å². The molecule has 0 saturated carbocycles. The van der Waals surface area contributed by atoms with Crippen LogP contribution in [-0.4, -0.2) is 57.4 Å². The van der Waals surface area contributed by atoms with E-state index in [0.717, 1.165) is 27.2 Å². The van der Waals surface area contributed by atoms with Crippen LogP contribution in [-0.2, 0) is 21.3 Å². The first-order valence-corrected chi connectivity index (χ1v) is 13.2. The van der Waals surface area contributed by atoms with E-state index < -0.39 is 10.0 Å². The average molecular weight is 487 g/mol. The Hall–Kier alpha value is -2.60. The van der Waals surface area contributed by atoms with Crippen molar-refractivity contribution in [3.8, 4) is 11.4 Å². The third kappa shape index (κ3) is 4.45. The molecule has 9 nitrogen and oxygen atoms in total. The van der Waals surface area contributed by atoms with E-state index in [4.69, 9.17) is 14.7 Å². The van der Waals surface area contributed by atoms with Gasteiger partial charge in [-0.3, -0.25) is 0 Å². The number of morpholine rings is 1. The minimum Gasteiger partial charge on any atom is -0.378 e. The van der Waals surface area contributed by atoms with Crippen molar-refractivity contribution in [1.82, 2.24) is 20.1 Å². The molecule has 2 aromatic heterocycles. The Balaban J connectivity index is 1.66. The zero-order valence-electron chi connectivity index (χ0n) is 18.5. The van der Waals surface area contributed by atoms with Gasteiger partial charge in [0.15, 0.2) is 11.6 Å². The van der Waals surface area contributed by atoms with Gasteiger partial charge in [0.2, 0.25) is 10.0 Å². The molecule has 1 saturated heterocycles. The highest BCUT2D eigenvalue weighted by molar-refractivity contribution is 7.91. The highest BCUT2D eigenvalue weighted by Crippen LogP contribution is 2.37. The van der Waals surface area contributed by atoms with Gasteiger partial charge in [-0.05, 0) is 17.5 Å². The molecule has 33 heavy (non-hydrogen) atoms. The predicted octanol–water partition coefficient (Wildman–Crippen LogP) is 2.57. The fourth-order valence-corrected chi connectivity index (χ4v) is 6.51. The largest absolute Gasteiger partial charge is 0.378 e. The normalized spacial score (nSPS) is 16.3. The molecule has 174 valence electrons. The van der Waals surface area contributed by atoms with Gasteiger partial charge in [0.1, 0.15) is 4.21 Å². The number of nitrogens with zero attached hydrogens (tertiary/aromatic N) is 4. The molecule has 0 bridgehead atoms. The Morgan fingerprint density at radius 2 is 2.06 bits per heavy atom. The summed E-state index contributed by atoms with van der Waals surface area (Å²) in [6, 6.07) is 7.67. The second kappa shape index (κ2) is 8.98. The number of ether oxygens (including phenoxy) is 1. The quantitative estimate of drug-likeness (QED) is 0.551. The maximum atomic E-state index is 12.9. The van der Waals surface area contributed by atoms with Crippen LogP contribution in [0.3, 0.4) is 0 Å². The molecule has 0 aliphatic carbocycles. The van der Waals surface area contributed by atoms with Gasteiger partial charge in [0.05, 0.1) is 36.2 Å². The van der Waals surface area contributed by atoms with Crippen molar-refractivity contribution >= 4 is 43.6 Å². The number of thiophene rings is 1. The number of aromatic nitrogens is 2. The maximum absolute atomic E-state index is 12.9. The number of nitrogens with one attached hydrogen (secondary N) is 2. The molecule has 0 amide bonds. The predicted molar refractivity (Wildman–Crippen MR) is 130 cm³/mol. The molecule has 4 heterocycles. The molecule has 11 heteroatoms. The Morgan fingerprint density at radius 1 is 1.24 bits per heavy atom. The molecule has 0 spiro atoms. The molecule has 1 aromatic carbocycles. The highest BCUT2D eigenvalue weighted by Gasteiger charge is 2.25. The fraction of sp³-hybridized carbons (Fsp3) is 0.409. The lowest BCUT2D eigenvalue weighted by Gasteiger charge is -2.28. The van der Waals surface area contributed by atoms with E-state index in [-0.39, 0.29) is 10.1 Å². The summed E-state index contributed by atoms with van der Waals surface area (Å²) >= 11 is 1.21. The van der Waals surface area contributed by atoms with Gasteiger partial charge >= 0.3 is 0 Å². The van der Waals surface area contributed by atoms with Gasteiger partial charge in [0.25, 0.3) is 0 Å². The van der Waals surface area contributed by atoms with Gasteiger partial charge in [-0.1, -0.05) is 32.0 Å². The lowest BCUT2D eigenvalue weighted by molar-refractivity contribution is 0.122. The number of hydrogen-bond donors (Lipinski definition) is 2. The first-order valence-electron chi connectivity index (χ1n) is 10.9. The van der Waals surface area contributed by atoms with Crippen LogP contribution in [0.2, 0.25) is 0 Å². The van der Waals surface area contributed by atoms with Crippen LogP contribution in [0.15, 0.2) is 33.6 Å². The SMILES string of the molecule is CC(C)CNS(=O)(=O)c1cc2nc(-c3cccc4c3C=NNC4)nc(N3CCOCC3)c2s1. The molecular weight excluding hydrogens is 460 g/mol. The van der Waals surface area contributed by atoms with Crippen LogP contribution >= 0.6 is 11.3 Å². The Morgan fingerprint density at radius 3 is 2.85 bits per heavy atom. The van der Waals surface area contributed by atoms with E-state index in [9.17, 15) is 8.42 Å². The van der Waals surface area contributed by atoms with Crippen molar-refractivity contribution in [2.45, 2.75) is 24.6 Å². The van der Waals surface area contributed by atoms with Gasteiger partial charge in [-0.25, -0.2) is 23.1 Å². The summed E-state index contributed by atoms with van der Waals surface area (Å²) in [5, 5.41) is 4.21. The molecule has 5 rings (SSSR count). The average Bonchev–Trinajstić information content (AvgIpc) is 3.28. The number of hydrogen-bond acceptors (Lipinski definition) is 9. The topological polar surface area (TPSA) is 109 Å². The molecule has 2 aliphatic rings. The third-order valence-corrected chi connectivity index (χ3v) is 8.60. The van der Waals surface area contributed by atoms with Gasteiger partial charge in [-0.15, -0.1) is 11.3 Å². The summed E-state index contributed by atoms with van der Waals surface area (Å²) in [5.41, 5.74) is 6.58. The van der Waals surface area contributed by atoms with E-state index in [0.29, 0.717) is 50.7 Å². The highest BCUT2D eigenvalue weighted by atomic mass is 32.2. The van der Waals surface area contributed by atoms with E-state index in [1.54, 1.807) is 12.3 Å². The first kappa shape index (κ1) is 22.2. The van der Waals surface area contributed by atoms with Crippen LogP contribution in [0.25, 0.3) is 21.6 Å². The summed E-state index contributed by atoms with van der Waals surface area (Å²) in [6.45, 7) is 7.56. The van der Waals surface area contributed by atoms with E-state index in [2.05, 4.69) is 20.1 Å². The lowest BCUT2D eigenvalue weighted by Crippen LogP contribution is -2.36. The van der Waals surface area contributed by atoms with E-state index in [1.807, 2.05) is 32.0 Å². The van der Waals surface area contributed by atoms with E-state index >= 15 is 0 Å². The second-order valence-corrected chi connectivity index (χ2v) is 11.5. The summed E-state index contributed by atoms with van der Waals surface area (Å²) < 4.78 is 35.1. The smallest absolute Gasteiger partial charge is 0.250 e. The first-order chi connectivity index (χ1) is 15.9. The van der Waals surface area contributed by atoms with Crippen molar-refractivity contribution in [2.75, 3.05) is 37.7 Å². The summed E-state index contributed by atoms with van der Waals surface area (Å²) in [4.78, 5) is 11.9. The number of fused-ring (bicyclic) bond motifs is 2. The van der Waals surface area contributed by atoms with Gasteiger partial charge < -0.3 is 15.1 Å². The Labute approximate surface area is 196 Å². The van der Waals surface area contributed by atoms with Crippen molar-refractivity contribution < 1.29 is 13.2 Å². The zero-order valence-corrected chi connectivity index (χ0v) is 20.2. The minimum absolute atomic E-state index is 0.213. The summed E-state index contributed by atoms with van der Waals surface area (Å²) in [6.07, 6.45) is 1.79. The number of sulfonamides is 1. The Bertz CT molecular complexity index is 1310. The van der Waals surface area contributed by atoms with Crippen LogP contribution in [0, 0.1) is 5.92 Å². The lowest BCUT2D eigenvalue weighted by atomic mass is 10.0. The molecule has 3 aromatic rings. The maximum Gasteiger partial charge on any atom is 0.250 e. The molecule has 0 atom stereocenters. The number of rotatable bonds is 6. The standard InChI is InChI=1S/C22H26N6O3S2/c1-14(2)11-25-33(29,30)19-10-18-20(32-19)22(28-6-8-31-9-7-28)27-21(26-18)16-5-3-4-15-12-23-24-13-17(15)16/h3-5,10,13-14,23,25H,6-9,11-12H2,1-2H3. The molecular formula is C22H26N6O3S2. The second-order valence-electron chi connectivity index (χ2n) is 8.47. The Kier molecular flexibility index (Phi) is 6.04. The summed E-state index contributed by atoms with van der Waals surface area (Å²) in [7, 11) is -3.63. The van der Waals surface area contributed by atoms with Crippen LogP contribution in [0.4, 0.5) is 5.82 Å². The zero-order chi connectivity index (χ0) is 23.0. The van der Waals surface area contributed by atoms with Gasteiger partial charge in [-0.2, -0.15) is 5.10 Å². The van der Waals surface area contributed by atoms with Crippen LogP contribution in [0.5, 0.6) is 0 Å². The molecule has 0 unspecified atom stereocenters.